The number of hydrogen-bond acceptors (Lipinski definition) is 4. The van der Waals surface area contributed by atoms with E-state index in [2.05, 4.69) is 26.1 Å². The maximum absolute atomic E-state index is 11.9. The van der Waals surface area contributed by atoms with Gasteiger partial charge in [-0.15, -0.1) is 11.3 Å². The summed E-state index contributed by atoms with van der Waals surface area (Å²) in [6.07, 6.45) is -3.19. The van der Waals surface area contributed by atoms with Gasteiger partial charge >= 0.3 is 6.18 Å². The van der Waals surface area contributed by atoms with Gasteiger partial charge in [-0.1, -0.05) is 0 Å². The van der Waals surface area contributed by atoms with E-state index in [-0.39, 0.29) is 12.6 Å². The molecule has 0 aliphatic rings. The van der Waals surface area contributed by atoms with Crippen LogP contribution in [-0.2, 0) is 11.2 Å². The molecule has 3 N–H and O–H groups in total. The molecule has 18 heavy (non-hydrogen) atoms. The molecule has 1 rings (SSSR count). The lowest BCUT2D eigenvalue weighted by atomic mass is 10.1. The van der Waals surface area contributed by atoms with Gasteiger partial charge in [-0.3, -0.25) is 11.3 Å². The molecule has 1 aromatic heterocycles. The number of nitrogens with two attached hydrogens (primary N) is 1. The lowest BCUT2D eigenvalue weighted by molar-refractivity contribution is -0.174. The van der Waals surface area contributed by atoms with E-state index in [1.54, 1.807) is 11.3 Å². The van der Waals surface area contributed by atoms with Gasteiger partial charge in [0, 0.05) is 22.0 Å². The van der Waals surface area contributed by atoms with Crippen molar-refractivity contribution in [1.29, 1.82) is 0 Å². The lowest BCUT2D eigenvalue weighted by Gasteiger charge is -2.15. The van der Waals surface area contributed by atoms with Gasteiger partial charge in [-0.25, -0.2) is 0 Å². The highest BCUT2D eigenvalue weighted by Gasteiger charge is 2.27. The second-order valence-corrected chi connectivity index (χ2v) is 5.57. The standard InChI is InChI=1S/C10H14BrF3N2OS/c11-8-2-4-18-9(8)5-7(16-15)1-3-17-6-10(12,13)14/h2,4,7,16H,1,3,5-6,15H2. The van der Waals surface area contributed by atoms with Crippen molar-refractivity contribution < 1.29 is 17.9 Å². The molecule has 1 unspecified atom stereocenters. The molecule has 0 fully saturated rings. The molecule has 0 saturated heterocycles. The summed E-state index contributed by atoms with van der Waals surface area (Å²) in [5, 5.41) is 1.94. The van der Waals surface area contributed by atoms with Gasteiger partial charge in [0.05, 0.1) is 0 Å². The van der Waals surface area contributed by atoms with Crippen molar-refractivity contribution in [2.75, 3.05) is 13.2 Å². The van der Waals surface area contributed by atoms with E-state index in [0.29, 0.717) is 12.8 Å². The molecule has 0 spiro atoms. The smallest absolute Gasteiger partial charge is 0.372 e. The summed E-state index contributed by atoms with van der Waals surface area (Å²) in [6.45, 7) is -1.19. The monoisotopic (exact) mass is 346 g/mol. The molecule has 1 atom stereocenters. The number of thiophene rings is 1. The second-order valence-electron chi connectivity index (χ2n) is 3.72. The Hall–Kier alpha value is -0.150. The normalized spacial score (nSPS) is 13.8. The molecule has 3 nitrogen and oxygen atoms in total. The Labute approximate surface area is 116 Å². The SMILES string of the molecule is NNC(CCOCC(F)(F)F)Cc1sccc1Br. The van der Waals surface area contributed by atoms with Gasteiger partial charge < -0.3 is 4.74 Å². The minimum Gasteiger partial charge on any atom is -0.372 e. The van der Waals surface area contributed by atoms with Crippen LogP contribution in [0.15, 0.2) is 15.9 Å². The topological polar surface area (TPSA) is 47.3 Å². The van der Waals surface area contributed by atoms with Crippen molar-refractivity contribution >= 4 is 27.3 Å². The summed E-state index contributed by atoms with van der Waals surface area (Å²) in [4.78, 5) is 1.11. The first-order valence-corrected chi connectivity index (χ1v) is 6.92. The zero-order valence-corrected chi connectivity index (χ0v) is 11.9. The molecule has 1 aromatic rings. The largest absolute Gasteiger partial charge is 0.411 e. The lowest BCUT2D eigenvalue weighted by Crippen LogP contribution is -2.37. The molecule has 0 amide bonds. The minimum absolute atomic E-state index is 0.0252. The number of ether oxygens (including phenoxy) is 1. The number of nitrogens with one attached hydrogen (secondary N) is 1. The van der Waals surface area contributed by atoms with Gasteiger partial charge in [-0.2, -0.15) is 13.2 Å². The van der Waals surface area contributed by atoms with E-state index in [1.807, 2.05) is 11.4 Å². The summed E-state index contributed by atoms with van der Waals surface area (Å²) >= 11 is 4.97. The zero-order valence-electron chi connectivity index (χ0n) is 9.47. The summed E-state index contributed by atoms with van der Waals surface area (Å²) in [7, 11) is 0. The van der Waals surface area contributed by atoms with Crippen LogP contribution in [0, 0.1) is 0 Å². The Kier molecular flexibility index (Phi) is 6.58. The fourth-order valence-electron chi connectivity index (χ4n) is 1.35. The van der Waals surface area contributed by atoms with E-state index in [0.717, 1.165) is 9.35 Å². The van der Waals surface area contributed by atoms with E-state index < -0.39 is 12.8 Å². The summed E-state index contributed by atoms with van der Waals surface area (Å²) in [5.41, 5.74) is 2.59. The van der Waals surface area contributed by atoms with E-state index in [4.69, 9.17) is 5.84 Å². The highest BCUT2D eigenvalue weighted by molar-refractivity contribution is 9.10. The fraction of sp³-hybridized carbons (Fsp3) is 0.600. The van der Waals surface area contributed by atoms with Crippen molar-refractivity contribution in [3.05, 3.63) is 20.8 Å². The first-order valence-electron chi connectivity index (χ1n) is 5.25. The number of hydrazine groups is 1. The first-order chi connectivity index (χ1) is 8.42. The summed E-state index contributed by atoms with van der Waals surface area (Å²) < 4.78 is 41.1. The van der Waals surface area contributed by atoms with Crippen LogP contribution in [0.25, 0.3) is 0 Å². The van der Waals surface area contributed by atoms with Crippen LogP contribution in [0.2, 0.25) is 0 Å². The van der Waals surface area contributed by atoms with Crippen LogP contribution in [0.4, 0.5) is 13.2 Å². The highest BCUT2D eigenvalue weighted by Crippen LogP contribution is 2.24. The Morgan fingerprint density at radius 3 is 2.72 bits per heavy atom. The number of halogens is 4. The molecule has 104 valence electrons. The summed E-state index contributed by atoms with van der Waals surface area (Å²) in [6, 6.07) is 1.82. The van der Waals surface area contributed by atoms with E-state index >= 15 is 0 Å². The van der Waals surface area contributed by atoms with Crippen LogP contribution in [0.1, 0.15) is 11.3 Å². The van der Waals surface area contributed by atoms with Gasteiger partial charge in [0.2, 0.25) is 0 Å². The maximum Gasteiger partial charge on any atom is 0.411 e. The van der Waals surface area contributed by atoms with Crippen molar-refractivity contribution in [2.24, 2.45) is 5.84 Å². The van der Waals surface area contributed by atoms with Crippen LogP contribution in [-0.4, -0.2) is 25.4 Å². The van der Waals surface area contributed by atoms with Crippen LogP contribution in [0.3, 0.4) is 0 Å². The molecule has 0 aliphatic carbocycles. The number of rotatable bonds is 7. The van der Waals surface area contributed by atoms with Gasteiger partial charge in [0.1, 0.15) is 6.61 Å². The van der Waals surface area contributed by atoms with Gasteiger partial charge in [0.15, 0.2) is 0 Å². The predicted molar refractivity (Wildman–Crippen MR) is 68.3 cm³/mol. The van der Waals surface area contributed by atoms with E-state index in [9.17, 15) is 13.2 Å². The molecule has 0 radical (unpaired) electrons. The van der Waals surface area contributed by atoms with Gasteiger partial charge in [-0.05, 0) is 40.2 Å². The molecule has 1 heterocycles. The minimum atomic E-state index is -4.28. The Balaban J connectivity index is 2.28. The third-order valence-corrected chi connectivity index (χ3v) is 4.18. The van der Waals surface area contributed by atoms with Crippen molar-refractivity contribution in [3.8, 4) is 0 Å². The Bertz CT molecular complexity index is 359. The Morgan fingerprint density at radius 2 is 2.22 bits per heavy atom. The molecule has 0 saturated carbocycles. The van der Waals surface area contributed by atoms with Crippen molar-refractivity contribution in [1.82, 2.24) is 5.43 Å². The Morgan fingerprint density at radius 1 is 1.50 bits per heavy atom. The summed E-state index contributed by atoms with van der Waals surface area (Å²) in [5.74, 6) is 5.37. The highest BCUT2D eigenvalue weighted by atomic mass is 79.9. The number of hydrogen-bond donors (Lipinski definition) is 2. The van der Waals surface area contributed by atoms with Gasteiger partial charge in [0.25, 0.3) is 0 Å². The third-order valence-electron chi connectivity index (χ3n) is 2.23. The molecule has 8 heteroatoms. The van der Waals surface area contributed by atoms with Crippen LogP contribution >= 0.6 is 27.3 Å². The van der Waals surface area contributed by atoms with E-state index in [1.165, 1.54) is 0 Å². The maximum atomic E-state index is 11.9. The number of alkyl halides is 3. The van der Waals surface area contributed by atoms with Crippen molar-refractivity contribution in [3.63, 3.8) is 0 Å². The average molecular weight is 347 g/mol. The quantitative estimate of drug-likeness (QED) is 0.453. The van der Waals surface area contributed by atoms with Crippen LogP contribution in [0.5, 0.6) is 0 Å². The first kappa shape index (κ1) is 15.9. The van der Waals surface area contributed by atoms with Crippen LogP contribution < -0.4 is 11.3 Å². The average Bonchev–Trinajstić information content (AvgIpc) is 2.67. The predicted octanol–water partition coefficient (Wildman–Crippen LogP) is 2.85. The third kappa shape index (κ3) is 6.14. The molecular weight excluding hydrogens is 333 g/mol. The van der Waals surface area contributed by atoms with Crippen molar-refractivity contribution in [2.45, 2.75) is 25.1 Å². The molecule has 0 aromatic carbocycles. The molecular formula is C10H14BrF3N2OS. The molecule has 0 bridgehead atoms. The molecule has 0 aliphatic heterocycles. The second kappa shape index (κ2) is 7.44. The zero-order chi connectivity index (χ0) is 13.6. The fourth-order valence-corrected chi connectivity index (χ4v) is 2.95.